The van der Waals surface area contributed by atoms with Crippen LogP contribution in [-0.2, 0) is 65.4 Å². The molecule has 0 amide bonds. The molecule has 0 heterocycles. The Morgan fingerprint density at radius 1 is 0.278 bits per heavy atom. The Bertz CT molecular complexity index is 1860. The molecule has 0 radical (unpaired) electrons. The number of esters is 4. The number of carbonyl (C=O) groups is 4. The fraction of sp³-hybridized carbons (Fsp3) is 0.949. The summed E-state index contributed by atoms with van der Waals surface area (Å²) in [5.41, 5.74) is 0. The van der Waals surface area contributed by atoms with Crippen molar-refractivity contribution >= 4 is 39.5 Å². The summed E-state index contributed by atoms with van der Waals surface area (Å²) < 4.78 is 68.5. The van der Waals surface area contributed by atoms with Gasteiger partial charge in [-0.1, -0.05) is 362 Å². The molecule has 576 valence electrons. The lowest BCUT2D eigenvalue weighted by molar-refractivity contribution is -0.161. The predicted octanol–water partition coefficient (Wildman–Crippen LogP) is 23.3. The van der Waals surface area contributed by atoms with E-state index in [0.29, 0.717) is 25.7 Å². The summed E-state index contributed by atoms with van der Waals surface area (Å²) in [6.45, 7) is 7.30. The number of rotatable bonds is 78. The third kappa shape index (κ3) is 72.2. The maximum atomic E-state index is 13.1. The van der Waals surface area contributed by atoms with Gasteiger partial charge < -0.3 is 33.8 Å². The zero-order chi connectivity index (χ0) is 71.2. The van der Waals surface area contributed by atoms with Gasteiger partial charge in [0, 0.05) is 25.7 Å². The number of ether oxygens (including phenoxy) is 4. The molecule has 0 spiro atoms. The number of aliphatic hydroxyl groups is 1. The van der Waals surface area contributed by atoms with E-state index in [2.05, 4.69) is 34.6 Å². The highest BCUT2D eigenvalue weighted by atomic mass is 31.2. The topological polar surface area (TPSA) is 237 Å². The lowest BCUT2D eigenvalue weighted by atomic mass is 10.0. The van der Waals surface area contributed by atoms with Gasteiger partial charge in [-0.2, -0.15) is 0 Å². The Hall–Kier alpha value is -1.94. The predicted molar refractivity (Wildman–Crippen MR) is 395 cm³/mol. The minimum Gasteiger partial charge on any atom is -0.462 e. The third-order valence-electron chi connectivity index (χ3n) is 18.3. The molecule has 2 unspecified atom stereocenters. The van der Waals surface area contributed by atoms with E-state index >= 15 is 0 Å². The van der Waals surface area contributed by atoms with Crippen LogP contribution in [0.3, 0.4) is 0 Å². The molecule has 0 rings (SSSR count). The summed E-state index contributed by atoms with van der Waals surface area (Å²) >= 11 is 0. The van der Waals surface area contributed by atoms with E-state index in [1.807, 2.05) is 0 Å². The number of unbranched alkanes of at least 4 members (excludes halogenated alkanes) is 50. The van der Waals surface area contributed by atoms with Crippen LogP contribution in [0.1, 0.15) is 413 Å². The van der Waals surface area contributed by atoms with Gasteiger partial charge in [0.05, 0.1) is 26.4 Å². The van der Waals surface area contributed by atoms with E-state index in [0.717, 1.165) is 109 Å². The van der Waals surface area contributed by atoms with Crippen LogP contribution < -0.4 is 0 Å². The van der Waals surface area contributed by atoms with Gasteiger partial charge in [0.1, 0.15) is 19.3 Å². The second-order valence-electron chi connectivity index (χ2n) is 28.6. The SMILES string of the molecule is CCCCCCCCCCCCCCCCCCCCC(=O)O[C@H](COC(=O)CCCCCCCCCCCCCCCCC(C)C)COP(=O)(O)OC[C@@H](O)COP(=O)(O)OC[C@@H](COC(=O)CCCCCCCCC)OC(=O)CCCCCCCCCCCCCCCCC. The van der Waals surface area contributed by atoms with Crippen molar-refractivity contribution < 1.29 is 80.2 Å². The molecule has 0 aliphatic heterocycles. The lowest BCUT2D eigenvalue weighted by Crippen LogP contribution is -2.30. The Labute approximate surface area is 594 Å². The molecule has 0 fully saturated rings. The van der Waals surface area contributed by atoms with Gasteiger partial charge in [0.15, 0.2) is 12.2 Å². The van der Waals surface area contributed by atoms with Crippen molar-refractivity contribution in [2.45, 2.75) is 432 Å². The van der Waals surface area contributed by atoms with E-state index < -0.39 is 97.5 Å². The Morgan fingerprint density at radius 3 is 0.701 bits per heavy atom. The highest BCUT2D eigenvalue weighted by molar-refractivity contribution is 7.47. The van der Waals surface area contributed by atoms with Crippen LogP contribution in [0.2, 0.25) is 0 Å². The Morgan fingerprint density at radius 2 is 0.474 bits per heavy atom. The van der Waals surface area contributed by atoms with Crippen molar-refractivity contribution in [2.24, 2.45) is 5.92 Å². The maximum Gasteiger partial charge on any atom is 0.472 e. The van der Waals surface area contributed by atoms with Crippen LogP contribution in [0, 0.1) is 5.92 Å². The zero-order valence-electron chi connectivity index (χ0n) is 63.2. The molecule has 0 aliphatic carbocycles. The first-order valence-electron chi connectivity index (χ1n) is 40.6. The Balaban J connectivity index is 5.19. The molecule has 0 saturated carbocycles. The molecule has 3 N–H and O–H groups in total. The van der Waals surface area contributed by atoms with Gasteiger partial charge in [-0.3, -0.25) is 37.3 Å². The van der Waals surface area contributed by atoms with Gasteiger partial charge in [0.25, 0.3) is 0 Å². The number of carbonyl (C=O) groups excluding carboxylic acids is 4. The van der Waals surface area contributed by atoms with Crippen molar-refractivity contribution in [2.75, 3.05) is 39.6 Å². The number of aliphatic hydroxyl groups excluding tert-OH is 1. The number of phosphoric ester groups is 2. The van der Waals surface area contributed by atoms with Gasteiger partial charge in [-0.05, 0) is 31.6 Å². The monoisotopic (exact) mass is 1420 g/mol. The molecule has 0 aromatic carbocycles. The molecule has 0 aliphatic rings. The van der Waals surface area contributed by atoms with Crippen LogP contribution in [0.5, 0.6) is 0 Å². The zero-order valence-corrected chi connectivity index (χ0v) is 65.0. The minimum absolute atomic E-state index is 0.108. The van der Waals surface area contributed by atoms with Gasteiger partial charge in [-0.15, -0.1) is 0 Å². The summed E-state index contributed by atoms with van der Waals surface area (Å²) in [5, 5.41) is 10.6. The summed E-state index contributed by atoms with van der Waals surface area (Å²) in [4.78, 5) is 72.8. The molecule has 0 aromatic rings. The molecule has 97 heavy (non-hydrogen) atoms. The van der Waals surface area contributed by atoms with E-state index in [4.69, 9.17) is 37.0 Å². The molecular weight excluding hydrogens is 1270 g/mol. The molecule has 0 aromatic heterocycles. The second kappa shape index (κ2) is 71.1. The van der Waals surface area contributed by atoms with Crippen molar-refractivity contribution in [3.63, 3.8) is 0 Å². The summed E-state index contributed by atoms with van der Waals surface area (Å²) in [6.07, 6.45) is 61.1. The summed E-state index contributed by atoms with van der Waals surface area (Å²) in [6, 6.07) is 0. The third-order valence-corrected chi connectivity index (χ3v) is 20.2. The van der Waals surface area contributed by atoms with Crippen molar-refractivity contribution in [1.82, 2.24) is 0 Å². The van der Waals surface area contributed by atoms with Crippen LogP contribution in [0.4, 0.5) is 0 Å². The molecule has 0 bridgehead atoms. The Kier molecular flexibility index (Phi) is 69.6. The van der Waals surface area contributed by atoms with Gasteiger partial charge >= 0.3 is 39.5 Å². The van der Waals surface area contributed by atoms with E-state index in [1.165, 1.54) is 225 Å². The number of hydrogen-bond donors (Lipinski definition) is 3. The first-order chi connectivity index (χ1) is 47.0. The quantitative estimate of drug-likeness (QED) is 0.0222. The largest absolute Gasteiger partial charge is 0.472 e. The smallest absolute Gasteiger partial charge is 0.462 e. The molecule has 0 saturated heterocycles. The first-order valence-corrected chi connectivity index (χ1v) is 43.6. The number of phosphoric acid groups is 2. The lowest BCUT2D eigenvalue weighted by Gasteiger charge is -2.21. The highest BCUT2D eigenvalue weighted by Gasteiger charge is 2.30. The van der Waals surface area contributed by atoms with Crippen molar-refractivity contribution in [3.05, 3.63) is 0 Å². The summed E-state index contributed by atoms with van der Waals surface area (Å²) in [7, 11) is -9.91. The second-order valence-corrected chi connectivity index (χ2v) is 31.5. The highest BCUT2D eigenvalue weighted by Crippen LogP contribution is 2.45. The van der Waals surface area contributed by atoms with E-state index in [-0.39, 0.29) is 25.7 Å². The molecule has 17 nitrogen and oxygen atoms in total. The average molecular weight is 1420 g/mol. The van der Waals surface area contributed by atoms with Crippen LogP contribution >= 0.6 is 15.6 Å². The standard InChI is InChI=1S/C78H152O17P2/c1-6-9-12-15-18-20-22-24-26-27-28-30-36-40-44-49-54-59-64-78(83)95-74(68-89-76(81)62-57-52-47-42-38-34-32-31-33-37-41-46-50-55-60-71(4)5)70-93-97(86,87)91-66-72(79)65-90-96(84,85)92-69-73(67-88-75(80)61-56-51-45-17-14-11-8-3)94-77(82)63-58-53-48-43-39-35-29-25-23-21-19-16-13-10-7-2/h71-74,79H,6-70H2,1-5H3,(H,84,85)(H,86,87)/t72-,73+,74+/m0/s1. The van der Waals surface area contributed by atoms with Gasteiger partial charge in [-0.25, -0.2) is 9.13 Å². The molecule has 19 heteroatoms. The first kappa shape index (κ1) is 95.1. The molecule has 5 atom stereocenters. The fourth-order valence-corrected chi connectivity index (χ4v) is 13.6. The average Bonchev–Trinajstić information content (AvgIpc) is 1.29. The normalized spacial score (nSPS) is 13.9. The molecular formula is C78H152O17P2. The van der Waals surface area contributed by atoms with Crippen LogP contribution in [-0.4, -0.2) is 96.7 Å². The van der Waals surface area contributed by atoms with Crippen molar-refractivity contribution in [3.8, 4) is 0 Å². The van der Waals surface area contributed by atoms with Crippen molar-refractivity contribution in [1.29, 1.82) is 0 Å². The maximum absolute atomic E-state index is 13.1. The summed E-state index contributed by atoms with van der Waals surface area (Å²) in [5.74, 6) is -1.31. The van der Waals surface area contributed by atoms with E-state index in [1.54, 1.807) is 0 Å². The number of hydrogen-bond acceptors (Lipinski definition) is 15. The fourth-order valence-electron chi connectivity index (χ4n) is 12.1. The minimum atomic E-state index is -4.96. The van der Waals surface area contributed by atoms with Crippen LogP contribution in [0.15, 0.2) is 0 Å². The van der Waals surface area contributed by atoms with Crippen LogP contribution in [0.25, 0.3) is 0 Å². The van der Waals surface area contributed by atoms with Gasteiger partial charge in [0.2, 0.25) is 0 Å². The van der Waals surface area contributed by atoms with E-state index in [9.17, 15) is 43.2 Å².